The van der Waals surface area contributed by atoms with Crippen molar-refractivity contribution in [3.05, 3.63) is 0 Å². The van der Waals surface area contributed by atoms with Crippen LogP contribution in [-0.4, -0.2) is 72.4 Å². The van der Waals surface area contributed by atoms with Crippen LogP contribution < -0.4 is 0 Å². The third kappa shape index (κ3) is 4.67. The van der Waals surface area contributed by atoms with Crippen LogP contribution in [0.25, 0.3) is 0 Å². The molecule has 22 heavy (non-hydrogen) atoms. The molecule has 0 aromatic heterocycles. The van der Waals surface area contributed by atoms with Crippen LogP contribution in [0.5, 0.6) is 0 Å². The zero-order valence-electron chi connectivity index (χ0n) is 14.2. The third-order valence-electron chi connectivity index (χ3n) is 5.32. The summed E-state index contributed by atoms with van der Waals surface area (Å²) in [5, 5.41) is 9.36. The molecular weight excluding hydrogens is 280 g/mol. The highest BCUT2D eigenvalue weighted by atomic mass is 16.5. The monoisotopic (exact) mass is 312 g/mol. The summed E-state index contributed by atoms with van der Waals surface area (Å²) in [6.07, 6.45) is 6.04. The van der Waals surface area contributed by atoms with Crippen molar-refractivity contribution in [2.24, 2.45) is 5.92 Å². The fourth-order valence-corrected chi connectivity index (χ4v) is 3.64. The number of aliphatic hydroxyl groups is 1. The maximum Gasteiger partial charge on any atom is 0.248 e. The van der Waals surface area contributed by atoms with Gasteiger partial charge in [0.15, 0.2) is 0 Å². The molecule has 2 fully saturated rings. The Morgan fingerprint density at radius 2 is 1.91 bits per heavy atom. The number of amides is 1. The van der Waals surface area contributed by atoms with Gasteiger partial charge >= 0.3 is 0 Å². The number of aliphatic hydroxyl groups excluding tert-OH is 1. The van der Waals surface area contributed by atoms with Crippen molar-refractivity contribution in [1.82, 2.24) is 9.80 Å². The summed E-state index contributed by atoms with van der Waals surface area (Å²) in [5.74, 6) is 0.697. The minimum absolute atomic E-state index is 0.120. The van der Waals surface area contributed by atoms with E-state index in [0.29, 0.717) is 5.92 Å². The highest BCUT2D eigenvalue weighted by Crippen LogP contribution is 2.26. The maximum absolute atomic E-state index is 12.3. The lowest BCUT2D eigenvalue weighted by molar-refractivity contribution is -0.142. The Kier molecular flexibility index (Phi) is 7.12. The van der Waals surface area contributed by atoms with E-state index < -0.39 is 0 Å². The molecule has 128 valence electrons. The second-order valence-electron chi connectivity index (χ2n) is 6.77. The molecular formula is C17H32N2O3. The van der Waals surface area contributed by atoms with Crippen LogP contribution in [-0.2, 0) is 9.53 Å². The smallest absolute Gasteiger partial charge is 0.248 e. The van der Waals surface area contributed by atoms with E-state index in [0.717, 1.165) is 39.0 Å². The Bertz CT molecular complexity index is 339. The quantitative estimate of drug-likeness (QED) is 0.807. The summed E-state index contributed by atoms with van der Waals surface area (Å²) in [6, 6.07) is 0.233. The molecule has 5 nitrogen and oxygen atoms in total. The number of ether oxygens (including phenoxy) is 1. The van der Waals surface area contributed by atoms with Gasteiger partial charge in [-0.15, -0.1) is 0 Å². The highest BCUT2D eigenvalue weighted by molar-refractivity contribution is 5.77. The van der Waals surface area contributed by atoms with E-state index in [9.17, 15) is 9.90 Å². The van der Waals surface area contributed by atoms with Crippen LogP contribution >= 0.6 is 0 Å². The zero-order valence-corrected chi connectivity index (χ0v) is 14.2. The molecule has 0 radical (unpaired) electrons. The molecule has 2 rings (SSSR count). The van der Waals surface area contributed by atoms with Crippen LogP contribution in [0.4, 0.5) is 0 Å². The Balaban J connectivity index is 1.71. The first-order chi connectivity index (χ1) is 10.7. The van der Waals surface area contributed by atoms with Gasteiger partial charge in [0, 0.05) is 32.2 Å². The minimum Gasteiger partial charge on any atom is -0.395 e. The first kappa shape index (κ1) is 17.7. The fourth-order valence-electron chi connectivity index (χ4n) is 3.64. The van der Waals surface area contributed by atoms with Gasteiger partial charge in [0.1, 0.15) is 6.61 Å². The van der Waals surface area contributed by atoms with Gasteiger partial charge in [-0.1, -0.05) is 26.7 Å². The number of hydrogen-bond acceptors (Lipinski definition) is 4. The Hall–Kier alpha value is -0.650. The van der Waals surface area contributed by atoms with E-state index in [1.165, 1.54) is 19.3 Å². The second-order valence-corrected chi connectivity index (χ2v) is 6.77. The lowest BCUT2D eigenvalue weighted by Crippen LogP contribution is -2.53. The topological polar surface area (TPSA) is 53.0 Å². The van der Waals surface area contributed by atoms with E-state index in [-0.39, 0.29) is 31.3 Å². The molecule has 0 aromatic rings. The summed E-state index contributed by atoms with van der Waals surface area (Å²) < 4.78 is 5.88. The Morgan fingerprint density at radius 1 is 1.23 bits per heavy atom. The van der Waals surface area contributed by atoms with Gasteiger partial charge in [-0.2, -0.15) is 0 Å². The van der Waals surface area contributed by atoms with Crippen molar-refractivity contribution in [3.63, 3.8) is 0 Å². The van der Waals surface area contributed by atoms with Gasteiger partial charge in [-0.05, 0) is 25.2 Å². The van der Waals surface area contributed by atoms with Crippen molar-refractivity contribution in [1.29, 1.82) is 0 Å². The number of rotatable bonds is 6. The predicted molar refractivity (Wildman–Crippen MR) is 86.7 cm³/mol. The minimum atomic E-state index is 0.120. The summed E-state index contributed by atoms with van der Waals surface area (Å²) in [4.78, 5) is 16.5. The molecule has 1 aliphatic carbocycles. The maximum atomic E-state index is 12.3. The van der Waals surface area contributed by atoms with Crippen LogP contribution in [0.15, 0.2) is 0 Å². The molecule has 0 bridgehead atoms. The number of carbonyl (C=O) groups is 1. The van der Waals surface area contributed by atoms with Crippen LogP contribution in [0.2, 0.25) is 0 Å². The van der Waals surface area contributed by atoms with E-state index in [1.54, 1.807) is 0 Å². The van der Waals surface area contributed by atoms with Crippen molar-refractivity contribution < 1.29 is 14.6 Å². The van der Waals surface area contributed by atoms with Crippen molar-refractivity contribution in [2.75, 3.05) is 39.4 Å². The van der Waals surface area contributed by atoms with E-state index in [1.807, 2.05) is 4.90 Å². The second kappa shape index (κ2) is 8.85. The largest absolute Gasteiger partial charge is 0.395 e. The molecule has 5 heteroatoms. The number of nitrogens with zero attached hydrogens (tertiary/aromatic N) is 2. The molecule has 0 spiro atoms. The van der Waals surface area contributed by atoms with Crippen LogP contribution in [0.3, 0.4) is 0 Å². The standard InChI is InChI=1S/C17H32N2O3/c1-3-15(12-20)18-8-10-19(11-9-18)17(21)13-22-16-7-5-4-6-14(16)2/h14-16,20H,3-13H2,1-2H3. The van der Waals surface area contributed by atoms with Crippen molar-refractivity contribution in [3.8, 4) is 0 Å². The summed E-state index contributed by atoms with van der Waals surface area (Å²) >= 11 is 0. The molecule has 0 aromatic carbocycles. The molecule has 1 N–H and O–H groups in total. The van der Waals surface area contributed by atoms with Crippen molar-refractivity contribution >= 4 is 5.91 Å². The fraction of sp³-hybridized carbons (Fsp3) is 0.941. The van der Waals surface area contributed by atoms with Gasteiger partial charge in [-0.3, -0.25) is 9.69 Å². The van der Waals surface area contributed by atoms with Crippen molar-refractivity contribution in [2.45, 2.75) is 58.1 Å². The Morgan fingerprint density at radius 3 is 2.50 bits per heavy atom. The van der Waals surface area contributed by atoms with Crippen LogP contribution in [0, 0.1) is 5.92 Å². The SMILES string of the molecule is CCC(CO)N1CCN(C(=O)COC2CCCCC2C)CC1. The molecule has 3 atom stereocenters. The molecule has 2 aliphatic rings. The van der Waals surface area contributed by atoms with Gasteiger partial charge in [0.25, 0.3) is 0 Å². The average Bonchev–Trinajstić information content (AvgIpc) is 2.55. The zero-order chi connectivity index (χ0) is 15.9. The lowest BCUT2D eigenvalue weighted by Gasteiger charge is -2.38. The number of piperazine rings is 1. The third-order valence-corrected chi connectivity index (χ3v) is 5.32. The van der Waals surface area contributed by atoms with Gasteiger partial charge in [0.2, 0.25) is 5.91 Å². The first-order valence-corrected chi connectivity index (χ1v) is 8.90. The van der Waals surface area contributed by atoms with E-state index >= 15 is 0 Å². The van der Waals surface area contributed by atoms with Gasteiger partial charge in [-0.25, -0.2) is 0 Å². The number of hydrogen-bond donors (Lipinski definition) is 1. The average molecular weight is 312 g/mol. The van der Waals surface area contributed by atoms with Gasteiger partial charge in [0.05, 0.1) is 12.7 Å². The van der Waals surface area contributed by atoms with Gasteiger partial charge < -0.3 is 14.7 Å². The summed E-state index contributed by atoms with van der Waals surface area (Å²) in [7, 11) is 0. The van der Waals surface area contributed by atoms with E-state index in [4.69, 9.17) is 4.74 Å². The highest BCUT2D eigenvalue weighted by Gasteiger charge is 2.27. The first-order valence-electron chi connectivity index (χ1n) is 8.90. The van der Waals surface area contributed by atoms with E-state index in [2.05, 4.69) is 18.7 Å². The Labute approximate surface area is 134 Å². The molecule has 3 unspecified atom stereocenters. The molecule has 1 saturated carbocycles. The lowest BCUT2D eigenvalue weighted by atomic mass is 9.88. The summed E-state index contributed by atoms with van der Waals surface area (Å²) in [5.41, 5.74) is 0. The predicted octanol–water partition coefficient (Wildman–Crippen LogP) is 1.50. The normalized spacial score (nSPS) is 28.6. The molecule has 1 aliphatic heterocycles. The molecule has 1 amide bonds. The molecule has 1 heterocycles. The van der Waals surface area contributed by atoms with Crippen LogP contribution in [0.1, 0.15) is 46.0 Å². The summed E-state index contributed by atoms with van der Waals surface area (Å²) in [6.45, 7) is 7.96. The number of carbonyl (C=O) groups excluding carboxylic acids is 1. The molecule has 1 saturated heterocycles.